The third kappa shape index (κ3) is 62.6. The van der Waals surface area contributed by atoms with Crippen LogP contribution in [-0.2, 0) is 28.6 Å². The first kappa shape index (κ1) is 72.9. The van der Waals surface area contributed by atoms with Crippen LogP contribution in [0.4, 0.5) is 0 Å². The molecule has 0 aromatic heterocycles. The van der Waals surface area contributed by atoms with Crippen LogP contribution in [0.2, 0.25) is 0 Å². The molecule has 0 N–H and O–H groups in total. The molecule has 75 heavy (non-hydrogen) atoms. The molecule has 0 aliphatic rings. The summed E-state index contributed by atoms with van der Waals surface area (Å²) in [7, 11) is 0. The minimum Gasteiger partial charge on any atom is -0.462 e. The molecule has 0 aliphatic heterocycles. The van der Waals surface area contributed by atoms with Crippen LogP contribution < -0.4 is 0 Å². The molecule has 0 saturated heterocycles. The predicted octanol–water partition coefficient (Wildman–Crippen LogP) is 23.0. The Bertz CT molecular complexity index is 1210. The first-order chi connectivity index (χ1) is 37.0. The lowest BCUT2D eigenvalue weighted by molar-refractivity contribution is -0.167. The molecule has 0 aromatic rings. The fourth-order valence-corrected chi connectivity index (χ4v) is 10.4. The van der Waals surface area contributed by atoms with Gasteiger partial charge in [0.25, 0.3) is 0 Å². The van der Waals surface area contributed by atoms with Crippen molar-refractivity contribution < 1.29 is 28.6 Å². The lowest BCUT2D eigenvalue weighted by Gasteiger charge is -2.18. The molecular weight excluding hydrogens is 925 g/mol. The molecule has 0 aromatic carbocycles. The van der Waals surface area contributed by atoms with Gasteiger partial charge in [-0.15, -0.1) is 0 Å². The number of hydrogen-bond donors (Lipinski definition) is 0. The molecule has 0 amide bonds. The maximum absolute atomic E-state index is 12.9. The largest absolute Gasteiger partial charge is 0.462 e. The van der Waals surface area contributed by atoms with Crippen molar-refractivity contribution in [2.45, 2.75) is 386 Å². The van der Waals surface area contributed by atoms with E-state index in [4.69, 9.17) is 14.2 Å². The summed E-state index contributed by atoms with van der Waals surface area (Å²) in [6.45, 7) is 6.69. The SMILES string of the molecule is CCCCC/C=C\C/C=C\CCCCCCCCCC(=O)OC(COC(=O)CCCCCCCCCCCCCCCCCCC)COC(=O)CCCCCCCCCCCCCCCCCCCCCCCCC. The number of allylic oxidation sites excluding steroid dienone is 4. The Hall–Kier alpha value is -2.11. The molecule has 0 bridgehead atoms. The number of hydrogen-bond acceptors (Lipinski definition) is 6. The molecule has 0 spiro atoms. The highest BCUT2D eigenvalue weighted by atomic mass is 16.6. The summed E-state index contributed by atoms with van der Waals surface area (Å²) in [4.78, 5) is 38.4. The van der Waals surface area contributed by atoms with Gasteiger partial charge in [0.05, 0.1) is 0 Å². The minimum absolute atomic E-state index is 0.0682. The molecule has 442 valence electrons. The molecule has 0 aliphatic carbocycles. The van der Waals surface area contributed by atoms with E-state index >= 15 is 0 Å². The lowest BCUT2D eigenvalue weighted by atomic mass is 10.0. The third-order valence-electron chi connectivity index (χ3n) is 15.5. The van der Waals surface area contributed by atoms with Gasteiger partial charge in [-0.1, -0.05) is 334 Å². The zero-order chi connectivity index (χ0) is 54.3. The van der Waals surface area contributed by atoms with Gasteiger partial charge >= 0.3 is 17.9 Å². The van der Waals surface area contributed by atoms with E-state index in [-0.39, 0.29) is 31.1 Å². The fraction of sp³-hybridized carbons (Fsp3) is 0.899. The van der Waals surface area contributed by atoms with Gasteiger partial charge in [-0.3, -0.25) is 14.4 Å². The summed E-state index contributed by atoms with van der Waals surface area (Å²) in [5, 5.41) is 0. The first-order valence-corrected chi connectivity index (χ1v) is 33.8. The Morgan fingerprint density at radius 1 is 0.267 bits per heavy atom. The van der Waals surface area contributed by atoms with E-state index in [1.165, 1.54) is 270 Å². The number of ether oxygens (including phenoxy) is 3. The number of rotatable bonds is 63. The van der Waals surface area contributed by atoms with Gasteiger partial charge in [-0.2, -0.15) is 0 Å². The van der Waals surface area contributed by atoms with Crippen molar-refractivity contribution in [2.24, 2.45) is 0 Å². The molecule has 0 heterocycles. The van der Waals surface area contributed by atoms with Crippen LogP contribution in [0.15, 0.2) is 24.3 Å². The van der Waals surface area contributed by atoms with Gasteiger partial charge in [0, 0.05) is 19.3 Å². The van der Waals surface area contributed by atoms with Crippen LogP contribution in [0, 0.1) is 0 Å². The summed E-state index contributed by atoms with van der Waals surface area (Å²) < 4.78 is 17.0. The van der Waals surface area contributed by atoms with Gasteiger partial charge in [-0.25, -0.2) is 0 Å². The van der Waals surface area contributed by atoms with Gasteiger partial charge < -0.3 is 14.2 Å². The second kappa shape index (κ2) is 64.4. The van der Waals surface area contributed by atoms with Crippen LogP contribution in [0.1, 0.15) is 380 Å². The van der Waals surface area contributed by atoms with Crippen molar-refractivity contribution in [3.05, 3.63) is 24.3 Å². The van der Waals surface area contributed by atoms with Crippen LogP contribution in [0.25, 0.3) is 0 Å². The van der Waals surface area contributed by atoms with E-state index in [0.717, 1.165) is 70.6 Å². The topological polar surface area (TPSA) is 78.9 Å². The molecule has 0 rings (SSSR count). The normalized spacial score (nSPS) is 12.1. The summed E-state index contributed by atoms with van der Waals surface area (Å²) in [6, 6.07) is 0. The van der Waals surface area contributed by atoms with Crippen LogP contribution in [0.5, 0.6) is 0 Å². The van der Waals surface area contributed by atoms with Crippen molar-refractivity contribution in [3.63, 3.8) is 0 Å². The van der Waals surface area contributed by atoms with Gasteiger partial charge in [-0.05, 0) is 51.4 Å². The monoisotopic (exact) mass is 1050 g/mol. The first-order valence-electron chi connectivity index (χ1n) is 33.8. The van der Waals surface area contributed by atoms with E-state index in [1.807, 2.05) is 0 Å². The second-order valence-corrected chi connectivity index (χ2v) is 23.1. The predicted molar refractivity (Wildman–Crippen MR) is 326 cm³/mol. The highest BCUT2D eigenvalue weighted by Crippen LogP contribution is 2.18. The molecule has 6 nitrogen and oxygen atoms in total. The van der Waals surface area contributed by atoms with Crippen molar-refractivity contribution in [3.8, 4) is 0 Å². The highest BCUT2D eigenvalue weighted by molar-refractivity contribution is 5.71. The van der Waals surface area contributed by atoms with Crippen LogP contribution in [-0.4, -0.2) is 37.2 Å². The van der Waals surface area contributed by atoms with Gasteiger partial charge in [0.15, 0.2) is 6.10 Å². The van der Waals surface area contributed by atoms with Crippen molar-refractivity contribution >= 4 is 17.9 Å². The minimum atomic E-state index is -0.772. The van der Waals surface area contributed by atoms with E-state index in [9.17, 15) is 14.4 Å². The Balaban J connectivity index is 4.28. The zero-order valence-corrected chi connectivity index (χ0v) is 50.8. The summed E-state index contributed by atoms with van der Waals surface area (Å²) in [5.74, 6) is -0.844. The van der Waals surface area contributed by atoms with Gasteiger partial charge in [0.1, 0.15) is 13.2 Å². The van der Waals surface area contributed by atoms with Gasteiger partial charge in [0.2, 0.25) is 0 Å². The quantitative estimate of drug-likeness (QED) is 0.0261. The molecule has 0 radical (unpaired) electrons. The van der Waals surface area contributed by atoms with Crippen LogP contribution >= 0.6 is 0 Å². The summed E-state index contributed by atoms with van der Waals surface area (Å²) >= 11 is 0. The van der Waals surface area contributed by atoms with Crippen molar-refractivity contribution in [2.75, 3.05) is 13.2 Å². The van der Waals surface area contributed by atoms with E-state index in [0.29, 0.717) is 19.3 Å². The number of carbonyl (C=O) groups excluding carboxylic acids is 3. The average Bonchev–Trinajstić information content (AvgIpc) is 3.41. The fourth-order valence-electron chi connectivity index (χ4n) is 10.4. The number of carbonyl (C=O) groups is 3. The van der Waals surface area contributed by atoms with E-state index in [1.54, 1.807) is 0 Å². The van der Waals surface area contributed by atoms with E-state index < -0.39 is 6.10 Å². The zero-order valence-electron chi connectivity index (χ0n) is 50.8. The summed E-state index contributed by atoms with van der Waals surface area (Å²) in [6.07, 6.45) is 77.6. The van der Waals surface area contributed by atoms with E-state index in [2.05, 4.69) is 45.1 Å². The Morgan fingerprint density at radius 2 is 0.480 bits per heavy atom. The lowest BCUT2D eigenvalue weighted by Crippen LogP contribution is -2.30. The Morgan fingerprint density at radius 3 is 0.760 bits per heavy atom. The molecule has 1 unspecified atom stereocenters. The average molecular weight is 1060 g/mol. The van der Waals surface area contributed by atoms with Crippen LogP contribution in [0.3, 0.4) is 0 Å². The molecule has 6 heteroatoms. The smallest absolute Gasteiger partial charge is 0.306 e. The molecule has 0 saturated carbocycles. The number of unbranched alkanes of at least 4 members (excludes halogenated alkanes) is 48. The molecule has 1 atom stereocenters. The Labute approximate surface area is 468 Å². The standard InChI is InChI=1S/C69H130O6/c1-4-7-10-13-16-19-22-25-28-31-32-33-34-35-36-39-41-44-47-50-53-56-59-62-68(71)74-65-66(75-69(72)63-60-57-54-51-48-45-42-38-30-27-24-21-18-15-12-9-6-3)64-73-67(70)61-58-55-52-49-46-43-40-37-29-26-23-20-17-14-11-8-5-2/h18,21,27,30,66H,4-17,19-20,22-26,28-29,31-65H2,1-3H3/b21-18-,30-27-. The highest BCUT2D eigenvalue weighted by Gasteiger charge is 2.19. The maximum atomic E-state index is 12.9. The van der Waals surface area contributed by atoms with Crippen molar-refractivity contribution in [1.82, 2.24) is 0 Å². The van der Waals surface area contributed by atoms with Crippen molar-refractivity contribution in [1.29, 1.82) is 0 Å². The maximum Gasteiger partial charge on any atom is 0.306 e. The second-order valence-electron chi connectivity index (χ2n) is 23.1. The Kier molecular flexibility index (Phi) is 62.6. The third-order valence-corrected chi connectivity index (χ3v) is 15.5. The number of esters is 3. The molecule has 0 fully saturated rings. The summed E-state index contributed by atoms with van der Waals surface area (Å²) in [5.41, 5.74) is 0. The molecular formula is C69H130O6.